The summed E-state index contributed by atoms with van der Waals surface area (Å²) in [5, 5.41) is 0.0190. The average Bonchev–Trinajstić information content (AvgIpc) is 2.60. The second-order valence-corrected chi connectivity index (χ2v) is 6.48. The first kappa shape index (κ1) is 22.7. The van der Waals surface area contributed by atoms with Gasteiger partial charge in [0, 0.05) is 11.1 Å². The standard InChI is InChI=1S/C17H12Cl2F4N2O4/c1-8(18)3-4-29-15(27)9-5-12(11(20)6-10(9)19)25-14(26)7-13(17(21,22)23)24-16(25)28-2/h3,5-7H,4H2,1-2H3/b8-3-. The maximum atomic E-state index is 14.4. The third-order valence-electron chi connectivity index (χ3n) is 3.44. The maximum Gasteiger partial charge on any atom is 0.433 e. The molecule has 0 saturated carbocycles. The number of hydrogen-bond acceptors (Lipinski definition) is 5. The van der Waals surface area contributed by atoms with Crippen LogP contribution < -0.4 is 10.3 Å². The average molecular weight is 455 g/mol. The third-order valence-corrected chi connectivity index (χ3v) is 3.90. The highest BCUT2D eigenvalue weighted by molar-refractivity contribution is 6.33. The van der Waals surface area contributed by atoms with E-state index < -0.39 is 40.9 Å². The number of methoxy groups -OCH3 is 1. The molecule has 0 N–H and O–H groups in total. The lowest BCUT2D eigenvalue weighted by Gasteiger charge is -2.15. The predicted octanol–water partition coefficient (Wildman–Crippen LogP) is 4.35. The van der Waals surface area contributed by atoms with Crippen molar-refractivity contribution in [3.63, 3.8) is 0 Å². The van der Waals surface area contributed by atoms with Crippen molar-refractivity contribution < 1.29 is 31.8 Å². The molecule has 0 aliphatic rings. The molecule has 12 heteroatoms. The Morgan fingerprint density at radius 2 is 1.97 bits per heavy atom. The highest BCUT2D eigenvalue weighted by Gasteiger charge is 2.35. The molecule has 0 radical (unpaired) electrons. The Balaban J connectivity index is 2.60. The molecule has 0 unspecified atom stereocenters. The zero-order chi connectivity index (χ0) is 21.9. The molecule has 0 aliphatic carbocycles. The van der Waals surface area contributed by atoms with E-state index in [0.717, 1.165) is 13.2 Å². The fourth-order valence-electron chi connectivity index (χ4n) is 2.14. The van der Waals surface area contributed by atoms with E-state index in [9.17, 15) is 27.2 Å². The molecule has 0 aliphatic heterocycles. The number of ether oxygens (including phenoxy) is 2. The van der Waals surface area contributed by atoms with Crippen LogP contribution >= 0.6 is 23.2 Å². The van der Waals surface area contributed by atoms with Crippen LogP contribution in [0.25, 0.3) is 5.69 Å². The second-order valence-electron chi connectivity index (χ2n) is 5.47. The number of rotatable bonds is 5. The molecule has 0 spiro atoms. The Bertz CT molecular complexity index is 1030. The molecule has 0 saturated heterocycles. The van der Waals surface area contributed by atoms with Crippen molar-refractivity contribution in [2.45, 2.75) is 13.1 Å². The van der Waals surface area contributed by atoms with Crippen molar-refractivity contribution in [2.24, 2.45) is 0 Å². The quantitative estimate of drug-likeness (QED) is 0.496. The summed E-state index contributed by atoms with van der Waals surface area (Å²) < 4.78 is 63.1. The first-order valence-electron chi connectivity index (χ1n) is 7.69. The summed E-state index contributed by atoms with van der Waals surface area (Å²) >= 11 is 11.5. The normalized spacial score (nSPS) is 12.1. The molecule has 1 aromatic carbocycles. The number of esters is 1. The lowest BCUT2D eigenvalue weighted by atomic mass is 10.2. The van der Waals surface area contributed by atoms with Gasteiger partial charge in [-0.2, -0.15) is 18.2 Å². The summed E-state index contributed by atoms with van der Waals surface area (Å²) in [7, 11) is 0.947. The fraction of sp³-hybridized carbons (Fsp3) is 0.235. The molecule has 0 atom stereocenters. The van der Waals surface area contributed by atoms with E-state index in [1.165, 1.54) is 6.08 Å². The van der Waals surface area contributed by atoms with Gasteiger partial charge in [0.1, 0.15) is 12.4 Å². The SMILES string of the molecule is COc1nc(C(F)(F)F)cc(=O)n1-c1cc(C(=O)OC/C=C(/C)Cl)c(Cl)cc1F. The number of allylic oxidation sites excluding steroid dienone is 1. The highest BCUT2D eigenvalue weighted by atomic mass is 35.5. The number of benzene rings is 1. The van der Waals surface area contributed by atoms with Gasteiger partial charge in [-0.1, -0.05) is 23.2 Å². The Hall–Kier alpha value is -2.59. The third kappa shape index (κ3) is 5.27. The minimum Gasteiger partial charge on any atom is -0.468 e. The second kappa shape index (κ2) is 8.83. The summed E-state index contributed by atoms with van der Waals surface area (Å²) in [6, 6.07) is 0.879. The molecule has 0 fully saturated rings. The van der Waals surface area contributed by atoms with E-state index in [2.05, 4.69) is 4.98 Å². The number of hydrogen-bond donors (Lipinski definition) is 0. The monoisotopic (exact) mass is 454 g/mol. The van der Waals surface area contributed by atoms with Gasteiger partial charge in [-0.05, 0) is 25.1 Å². The number of nitrogens with zero attached hydrogens (tertiary/aromatic N) is 2. The Morgan fingerprint density at radius 1 is 1.31 bits per heavy atom. The van der Waals surface area contributed by atoms with Crippen LogP contribution in [0.15, 0.2) is 34.1 Å². The number of carbonyl (C=O) groups excluding carboxylic acids is 1. The lowest BCUT2D eigenvalue weighted by Crippen LogP contribution is -2.25. The molecule has 0 amide bonds. The molecule has 29 heavy (non-hydrogen) atoms. The van der Waals surface area contributed by atoms with Crippen LogP contribution in [0.5, 0.6) is 6.01 Å². The predicted molar refractivity (Wildman–Crippen MR) is 96.2 cm³/mol. The van der Waals surface area contributed by atoms with Crippen molar-refractivity contribution >= 4 is 29.2 Å². The fourth-order valence-corrected chi connectivity index (χ4v) is 2.43. The first-order valence-corrected chi connectivity index (χ1v) is 8.45. The minimum absolute atomic E-state index is 0.169. The van der Waals surface area contributed by atoms with E-state index >= 15 is 0 Å². The van der Waals surface area contributed by atoms with Crippen LogP contribution in [0.2, 0.25) is 5.02 Å². The van der Waals surface area contributed by atoms with Gasteiger partial charge in [0.25, 0.3) is 5.56 Å². The number of carbonyl (C=O) groups is 1. The highest BCUT2D eigenvalue weighted by Crippen LogP contribution is 2.30. The van der Waals surface area contributed by atoms with Gasteiger partial charge in [-0.3, -0.25) is 4.79 Å². The van der Waals surface area contributed by atoms with E-state index in [1.54, 1.807) is 6.92 Å². The molecular formula is C17H12Cl2F4N2O4. The zero-order valence-corrected chi connectivity index (χ0v) is 16.3. The van der Waals surface area contributed by atoms with Crippen molar-refractivity contribution in [2.75, 3.05) is 13.7 Å². The van der Waals surface area contributed by atoms with E-state index in [0.29, 0.717) is 15.7 Å². The van der Waals surface area contributed by atoms with Crippen LogP contribution in [0.3, 0.4) is 0 Å². The molecular weight excluding hydrogens is 443 g/mol. The van der Waals surface area contributed by atoms with Gasteiger partial charge in [0.15, 0.2) is 5.69 Å². The van der Waals surface area contributed by atoms with Crippen LogP contribution in [0, 0.1) is 5.82 Å². The first-order chi connectivity index (χ1) is 13.5. The van der Waals surface area contributed by atoms with Crippen LogP contribution in [0.1, 0.15) is 23.0 Å². The van der Waals surface area contributed by atoms with Crippen molar-refractivity contribution in [3.05, 3.63) is 61.8 Å². The Kier molecular flexibility index (Phi) is 6.91. The summed E-state index contributed by atoms with van der Waals surface area (Å²) in [6.07, 6.45) is -3.54. The largest absolute Gasteiger partial charge is 0.468 e. The van der Waals surface area contributed by atoms with Gasteiger partial charge in [0.05, 0.1) is 23.4 Å². The van der Waals surface area contributed by atoms with Crippen LogP contribution in [-0.2, 0) is 10.9 Å². The smallest absolute Gasteiger partial charge is 0.433 e. The Morgan fingerprint density at radius 3 is 2.52 bits per heavy atom. The number of alkyl halides is 3. The molecule has 1 heterocycles. The summed E-state index contributed by atoms with van der Waals surface area (Å²) in [5.41, 5.74) is -3.75. The summed E-state index contributed by atoms with van der Waals surface area (Å²) in [6.45, 7) is 1.34. The molecule has 0 bridgehead atoms. The maximum absolute atomic E-state index is 14.4. The van der Waals surface area contributed by atoms with Gasteiger partial charge in [0.2, 0.25) is 0 Å². The van der Waals surface area contributed by atoms with Gasteiger partial charge >= 0.3 is 18.2 Å². The number of halogens is 6. The van der Waals surface area contributed by atoms with E-state index in [4.69, 9.17) is 32.7 Å². The van der Waals surface area contributed by atoms with Crippen LogP contribution in [-0.4, -0.2) is 29.2 Å². The number of aromatic nitrogens is 2. The van der Waals surface area contributed by atoms with E-state index in [-0.39, 0.29) is 23.3 Å². The van der Waals surface area contributed by atoms with Gasteiger partial charge in [-0.25, -0.2) is 13.8 Å². The Labute approximate surface area is 171 Å². The topological polar surface area (TPSA) is 70.4 Å². The molecule has 6 nitrogen and oxygen atoms in total. The van der Waals surface area contributed by atoms with Gasteiger partial charge < -0.3 is 9.47 Å². The molecule has 2 rings (SSSR count). The van der Waals surface area contributed by atoms with E-state index in [1.807, 2.05) is 0 Å². The van der Waals surface area contributed by atoms with Gasteiger partial charge in [-0.15, -0.1) is 0 Å². The van der Waals surface area contributed by atoms with Crippen LogP contribution in [0.4, 0.5) is 17.6 Å². The summed E-state index contributed by atoms with van der Waals surface area (Å²) in [4.78, 5) is 27.6. The summed E-state index contributed by atoms with van der Waals surface area (Å²) in [5.74, 6) is -2.08. The van der Waals surface area contributed by atoms with Crippen molar-refractivity contribution in [1.82, 2.24) is 9.55 Å². The minimum atomic E-state index is -4.92. The molecule has 2 aromatic rings. The van der Waals surface area contributed by atoms with Crippen molar-refractivity contribution in [1.29, 1.82) is 0 Å². The van der Waals surface area contributed by atoms with Crippen molar-refractivity contribution in [3.8, 4) is 11.7 Å². The molecule has 1 aromatic heterocycles. The molecule has 156 valence electrons. The zero-order valence-electron chi connectivity index (χ0n) is 14.8. The lowest BCUT2D eigenvalue weighted by molar-refractivity contribution is -0.141.